The highest BCUT2D eigenvalue weighted by molar-refractivity contribution is 9.10. The van der Waals surface area contributed by atoms with Crippen LogP contribution in [0.15, 0.2) is 10.7 Å². The maximum atomic E-state index is 8.87. The predicted octanol–water partition coefficient (Wildman–Crippen LogP) is 0.794. The molecule has 0 bridgehead atoms. The van der Waals surface area contributed by atoms with E-state index in [1.807, 2.05) is 6.92 Å². The summed E-state index contributed by atoms with van der Waals surface area (Å²) in [5, 5.41) is 8.87. The van der Waals surface area contributed by atoms with Crippen molar-refractivity contribution in [2.24, 2.45) is 5.73 Å². The molecule has 0 aliphatic rings. The maximum absolute atomic E-state index is 8.87. The molecule has 1 aromatic heterocycles. The lowest BCUT2D eigenvalue weighted by atomic mass is 10.2. The Labute approximate surface area is 85.3 Å². The molecule has 0 aromatic carbocycles. The number of rotatable bonds is 3. The predicted molar refractivity (Wildman–Crippen MR) is 53.1 cm³/mol. The smallest absolute Gasteiger partial charge is 0.128 e. The van der Waals surface area contributed by atoms with Crippen molar-refractivity contribution in [2.75, 3.05) is 6.61 Å². The highest BCUT2D eigenvalue weighted by Crippen LogP contribution is 2.18. The zero-order valence-electron chi connectivity index (χ0n) is 7.37. The molecule has 0 radical (unpaired) electrons. The number of aliphatic hydroxyl groups is 1. The Morgan fingerprint density at radius 2 is 2.38 bits per heavy atom. The summed E-state index contributed by atoms with van der Waals surface area (Å²) in [6.07, 6.45) is 2.43. The van der Waals surface area contributed by atoms with Crippen LogP contribution in [0.25, 0.3) is 0 Å². The minimum absolute atomic E-state index is 0.112. The quantitative estimate of drug-likeness (QED) is 0.827. The first-order valence-corrected chi connectivity index (χ1v) is 4.86. The highest BCUT2D eigenvalue weighted by Gasteiger charge is 2.11. The van der Waals surface area contributed by atoms with Gasteiger partial charge in [0.25, 0.3) is 0 Å². The van der Waals surface area contributed by atoms with Gasteiger partial charge in [-0.15, -0.1) is 0 Å². The number of nitrogens with two attached hydrogens (primary N) is 1. The lowest BCUT2D eigenvalue weighted by molar-refractivity contribution is 0.265. The van der Waals surface area contributed by atoms with E-state index in [1.165, 1.54) is 0 Å². The van der Waals surface area contributed by atoms with Crippen LogP contribution < -0.4 is 5.73 Å². The van der Waals surface area contributed by atoms with E-state index in [0.29, 0.717) is 5.69 Å². The van der Waals surface area contributed by atoms with Gasteiger partial charge >= 0.3 is 0 Å². The van der Waals surface area contributed by atoms with Gasteiger partial charge in [-0.2, -0.15) is 0 Å². The SMILES string of the molecule is CCc1ncc(Br)c(C(N)CO)n1. The summed E-state index contributed by atoms with van der Waals surface area (Å²) in [5.74, 6) is 0.738. The number of halogens is 1. The number of aryl methyl sites for hydroxylation is 1. The third-order valence-corrected chi connectivity index (χ3v) is 2.30. The van der Waals surface area contributed by atoms with Crippen LogP contribution >= 0.6 is 15.9 Å². The van der Waals surface area contributed by atoms with Gasteiger partial charge in [0.15, 0.2) is 0 Å². The summed E-state index contributed by atoms with van der Waals surface area (Å²) in [6, 6.07) is -0.442. The van der Waals surface area contributed by atoms with Crippen LogP contribution in [0.2, 0.25) is 0 Å². The number of hydrogen-bond acceptors (Lipinski definition) is 4. The minimum atomic E-state index is -0.442. The molecule has 3 N–H and O–H groups in total. The molecule has 0 aliphatic carbocycles. The summed E-state index contributed by atoms with van der Waals surface area (Å²) in [4.78, 5) is 8.30. The van der Waals surface area contributed by atoms with E-state index in [0.717, 1.165) is 16.7 Å². The molecule has 5 heteroatoms. The molecule has 1 rings (SSSR count). The van der Waals surface area contributed by atoms with E-state index in [-0.39, 0.29) is 6.61 Å². The molecule has 4 nitrogen and oxygen atoms in total. The minimum Gasteiger partial charge on any atom is -0.394 e. The lowest BCUT2D eigenvalue weighted by Crippen LogP contribution is -2.17. The van der Waals surface area contributed by atoms with Crippen LogP contribution in [0.5, 0.6) is 0 Å². The molecule has 0 saturated heterocycles. The molecule has 13 heavy (non-hydrogen) atoms. The molecule has 1 unspecified atom stereocenters. The zero-order chi connectivity index (χ0) is 9.84. The zero-order valence-corrected chi connectivity index (χ0v) is 8.95. The normalized spacial score (nSPS) is 12.9. The number of aliphatic hydroxyl groups excluding tert-OH is 1. The molecule has 0 amide bonds. The second kappa shape index (κ2) is 4.64. The van der Waals surface area contributed by atoms with Gasteiger partial charge in [-0.05, 0) is 15.9 Å². The van der Waals surface area contributed by atoms with Gasteiger partial charge in [-0.3, -0.25) is 0 Å². The van der Waals surface area contributed by atoms with Crippen molar-refractivity contribution < 1.29 is 5.11 Å². The lowest BCUT2D eigenvalue weighted by Gasteiger charge is -2.10. The average Bonchev–Trinajstić information content (AvgIpc) is 2.17. The van der Waals surface area contributed by atoms with Crippen molar-refractivity contribution in [2.45, 2.75) is 19.4 Å². The van der Waals surface area contributed by atoms with Crippen molar-refractivity contribution >= 4 is 15.9 Å². The Morgan fingerprint density at radius 1 is 1.69 bits per heavy atom. The summed E-state index contributed by atoms with van der Waals surface area (Å²) < 4.78 is 0.742. The molecule has 1 atom stereocenters. The summed E-state index contributed by atoms with van der Waals surface area (Å²) in [5.41, 5.74) is 6.31. The van der Waals surface area contributed by atoms with Crippen LogP contribution in [0.1, 0.15) is 24.5 Å². The third-order valence-electron chi connectivity index (χ3n) is 1.69. The fourth-order valence-electron chi connectivity index (χ4n) is 0.935. The topological polar surface area (TPSA) is 72.0 Å². The Hall–Kier alpha value is -0.520. The van der Waals surface area contributed by atoms with Gasteiger partial charge in [0.2, 0.25) is 0 Å². The van der Waals surface area contributed by atoms with Crippen molar-refractivity contribution in [3.63, 3.8) is 0 Å². The van der Waals surface area contributed by atoms with E-state index in [1.54, 1.807) is 6.20 Å². The first-order chi connectivity index (χ1) is 6.19. The van der Waals surface area contributed by atoms with Gasteiger partial charge in [0.1, 0.15) is 5.82 Å². The summed E-state index contributed by atoms with van der Waals surface area (Å²) in [6.45, 7) is 1.86. The van der Waals surface area contributed by atoms with Crippen LogP contribution in [0.3, 0.4) is 0 Å². The molecule has 72 valence electrons. The maximum Gasteiger partial charge on any atom is 0.128 e. The van der Waals surface area contributed by atoms with Gasteiger partial charge < -0.3 is 10.8 Å². The molecule has 1 heterocycles. The number of aromatic nitrogens is 2. The van der Waals surface area contributed by atoms with Crippen LogP contribution in [0, 0.1) is 0 Å². The van der Waals surface area contributed by atoms with Crippen molar-refractivity contribution in [1.29, 1.82) is 0 Å². The monoisotopic (exact) mass is 245 g/mol. The van der Waals surface area contributed by atoms with Gasteiger partial charge in [0.05, 0.1) is 22.8 Å². The van der Waals surface area contributed by atoms with Crippen molar-refractivity contribution in [3.8, 4) is 0 Å². The van der Waals surface area contributed by atoms with E-state index < -0.39 is 6.04 Å². The van der Waals surface area contributed by atoms with E-state index in [9.17, 15) is 0 Å². The van der Waals surface area contributed by atoms with Crippen LogP contribution in [-0.4, -0.2) is 21.7 Å². The standard InChI is InChI=1S/C8H12BrN3O/c1-2-7-11-3-5(9)8(12-7)6(10)4-13/h3,6,13H,2,4,10H2,1H3. The van der Waals surface area contributed by atoms with Gasteiger partial charge in [0, 0.05) is 12.6 Å². The first kappa shape index (κ1) is 10.6. The molecule has 1 aromatic rings. The van der Waals surface area contributed by atoms with Gasteiger partial charge in [-0.25, -0.2) is 9.97 Å². The van der Waals surface area contributed by atoms with E-state index >= 15 is 0 Å². The molecule has 0 saturated carbocycles. The molecular weight excluding hydrogens is 234 g/mol. The number of hydrogen-bond donors (Lipinski definition) is 2. The molecule has 0 spiro atoms. The fourth-order valence-corrected chi connectivity index (χ4v) is 1.42. The molecule has 0 aliphatic heterocycles. The van der Waals surface area contributed by atoms with E-state index in [2.05, 4.69) is 25.9 Å². The van der Waals surface area contributed by atoms with Crippen molar-refractivity contribution in [3.05, 3.63) is 22.2 Å². The largest absolute Gasteiger partial charge is 0.394 e. The van der Waals surface area contributed by atoms with Crippen LogP contribution in [0.4, 0.5) is 0 Å². The molecule has 0 fully saturated rings. The van der Waals surface area contributed by atoms with E-state index in [4.69, 9.17) is 10.8 Å². The second-order valence-electron chi connectivity index (χ2n) is 2.66. The summed E-state index contributed by atoms with van der Waals surface area (Å²) in [7, 11) is 0. The first-order valence-electron chi connectivity index (χ1n) is 4.06. The fraction of sp³-hybridized carbons (Fsp3) is 0.500. The number of nitrogens with zero attached hydrogens (tertiary/aromatic N) is 2. The third kappa shape index (κ3) is 2.46. The van der Waals surface area contributed by atoms with Crippen molar-refractivity contribution in [1.82, 2.24) is 9.97 Å². The van der Waals surface area contributed by atoms with Gasteiger partial charge in [-0.1, -0.05) is 6.92 Å². The average molecular weight is 246 g/mol. The highest BCUT2D eigenvalue weighted by atomic mass is 79.9. The summed E-state index contributed by atoms with van der Waals surface area (Å²) >= 11 is 3.28. The molecular formula is C8H12BrN3O. The Kier molecular flexibility index (Phi) is 3.77. The Bertz CT molecular complexity index is 293. The Balaban J connectivity index is 3.03. The Morgan fingerprint density at radius 3 is 2.92 bits per heavy atom. The second-order valence-corrected chi connectivity index (χ2v) is 3.52. The van der Waals surface area contributed by atoms with Crippen LogP contribution in [-0.2, 0) is 6.42 Å².